The summed E-state index contributed by atoms with van der Waals surface area (Å²) in [5.74, 6) is -1.22. The van der Waals surface area contributed by atoms with Gasteiger partial charge in [0, 0.05) is 6.04 Å². The molecule has 4 unspecified atom stereocenters. The first kappa shape index (κ1) is 15.1. The van der Waals surface area contributed by atoms with Crippen molar-refractivity contribution < 1.29 is 14.7 Å². The van der Waals surface area contributed by atoms with Gasteiger partial charge in [0.25, 0.3) is 0 Å². The van der Waals surface area contributed by atoms with Crippen molar-refractivity contribution in [3.05, 3.63) is 35.9 Å². The van der Waals surface area contributed by atoms with E-state index in [1.165, 1.54) is 5.56 Å². The van der Waals surface area contributed by atoms with Crippen LogP contribution in [-0.4, -0.2) is 23.0 Å². The Kier molecular flexibility index (Phi) is 4.46. The molecular formula is C18H23NO3. The van der Waals surface area contributed by atoms with Crippen LogP contribution >= 0.6 is 0 Å². The topological polar surface area (TPSA) is 66.4 Å². The standard InChI is InChI=1S/C18H23NO3/c20-17(14-9-10-15(14)18(21)22)19-16-8-4-7-13(16)11-12-5-2-1-3-6-12/h1-3,5-6,13-16H,4,7-11H2,(H,19,20)(H,21,22). The van der Waals surface area contributed by atoms with Crippen LogP contribution in [0.15, 0.2) is 30.3 Å². The number of hydrogen-bond acceptors (Lipinski definition) is 2. The Balaban J connectivity index is 1.57. The second-order valence-corrected chi connectivity index (χ2v) is 6.62. The van der Waals surface area contributed by atoms with Gasteiger partial charge in [-0.15, -0.1) is 0 Å². The lowest BCUT2D eigenvalue weighted by atomic mass is 9.73. The van der Waals surface area contributed by atoms with E-state index >= 15 is 0 Å². The van der Waals surface area contributed by atoms with Crippen molar-refractivity contribution in [2.24, 2.45) is 17.8 Å². The maximum atomic E-state index is 12.3. The Bertz CT molecular complexity index is 543. The molecule has 1 aromatic carbocycles. The minimum Gasteiger partial charge on any atom is -0.481 e. The molecule has 2 aliphatic rings. The molecule has 1 aromatic rings. The smallest absolute Gasteiger partial charge is 0.307 e. The van der Waals surface area contributed by atoms with Crippen LogP contribution in [-0.2, 0) is 16.0 Å². The molecule has 118 valence electrons. The van der Waals surface area contributed by atoms with E-state index in [9.17, 15) is 9.59 Å². The lowest BCUT2D eigenvalue weighted by Crippen LogP contribution is -2.48. The number of aliphatic carboxylic acids is 1. The summed E-state index contributed by atoms with van der Waals surface area (Å²) < 4.78 is 0. The summed E-state index contributed by atoms with van der Waals surface area (Å²) in [6, 6.07) is 10.6. The van der Waals surface area contributed by atoms with Crippen LogP contribution in [0.1, 0.15) is 37.7 Å². The molecule has 3 rings (SSSR count). The van der Waals surface area contributed by atoms with Crippen LogP contribution in [0.25, 0.3) is 0 Å². The van der Waals surface area contributed by atoms with E-state index in [0.29, 0.717) is 18.8 Å². The number of amides is 1. The summed E-state index contributed by atoms with van der Waals surface area (Å²) in [4.78, 5) is 23.4. The fourth-order valence-corrected chi connectivity index (χ4v) is 3.79. The SMILES string of the molecule is O=C(O)C1CCC1C(=O)NC1CCCC1Cc1ccccc1. The predicted octanol–water partition coefficient (Wildman–Crippen LogP) is 2.62. The molecule has 0 spiro atoms. The van der Waals surface area contributed by atoms with Crippen LogP contribution in [0.5, 0.6) is 0 Å². The zero-order valence-electron chi connectivity index (χ0n) is 12.7. The number of carboxylic acids is 1. The summed E-state index contributed by atoms with van der Waals surface area (Å²) in [5.41, 5.74) is 1.31. The number of benzene rings is 1. The Morgan fingerprint density at radius 2 is 1.77 bits per heavy atom. The van der Waals surface area contributed by atoms with Gasteiger partial charge in [0.15, 0.2) is 0 Å². The van der Waals surface area contributed by atoms with Gasteiger partial charge in [-0.2, -0.15) is 0 Å². The number of nitrogens with one attached hydrogen (secondary N) is 1. The molecule has 2 N–H and O–H groups in total. The van der Waals surface area contributed by atoms with Gasteiger partial charge in [-0.25, -0.2) is 0 Å². The molecule has 0 radical (unpaired) electrons. The highest BCUT2D eigenvalue weighted by atomic mass is 16.4. The lowest BCUT2D eigenvalue weighted by Gasteiger charge is -2.33. The maximum absolute atomic E-state index is 12.3. The summed E-state index contributed by atoms with van der Waals surface area (Å²) >= 11 is 0. The third kappa shape index (κ3) is 3.16. The van der Waals surface area contributed by atoms with Gasteiger partial charge >= 0.3 is 5.97 Å². The number of carboxylic acid groups (broad SMARTS) is 1. The van der Waals surface area contributed by atoms with Crippen LogP contribution in [0.4, 0.5) is 0 Å². The van der Waals surface area contributed by atoms with E-state index in [2.05, 4.69) is 17.4 Å². The van der Waals surface area contributed by atoms with E-state index in [0.717, 1.165) is 25.7 Å². The molecule has 22 heavy (non-hydrogen) atoms. The molecule has 0 saturated heterocycles. The van der Waals surface area contributed by atoms with E-state index in [-0.39, 0.29) is 17.9 Å². The molecule has 2 fully saturated rings. The first-order chi connectivity index (χ1) is 10.6. The normalized spacial score (nSPS) is 30.5. The monoisotopic (exact) mass is 301 g/mol. The number of rotatable bonds is 5. The van der Waals surface area contributed by atoms with Crippen LogP contribution in [0.3, 0.4) is 0 Å². The second-order valence-electron chi connectivity index (χ2n) is 6.62. The zero-order valence-corrected chi connectivity index (χ0v) is 12.7. The van der Waals surface area contributed by atoms with Crippen LogP contribution in [0, 0.1) is 17.8 Å². The minimum atomic E-state index is -0.835. The van der Waals surface area contributed by atoms with Crippen molar-refractivity contribution in [3.63, 3.8) is 0 Å². The molecule has 4 atom stereocenters. The van der Waals surface area contributed by atoms with E-state index < -0.39 is 11.9 Å². The highest BCUT2D eigenvalue weighted by Crippen LogP contribution is 2.36. The molecule has 0 aromatic heterocycles. The largest absolute Gasteiger partial charge is 0.481 e. The van der Waals surface area contributed by atoms with Gasteiger partial charge in [-0.05, 0) is 43.6 Å². The Morgan fingerprint density at radius 3 is 2.41 bits per heavy atom. The molecule has 1 amide bonds. The predicted molar refractivity (Wildman–Crippen MR) is 83.3 cm³/mol. The van der Waals surface area contributed by atoms with Crippen molar-refractivity contribution in [1.82, 2.24) is 5.32 Å². The summed E-state index contributed by atoms with van der Waals surface area (Å²) in [6.07, 6.45) is 5.60. The minimum absolute atomic E-state index is 0.0522. The quantitative estimate of drug-likeness (QED) is 0.878. The summed E-state index contributed by atoms with van der Waals surface area (Å²) in [7, 11) is 0. The van der Waals surface area contributed by atoms with E-state index in [1.54, 1.807) is 0 Å². The Hall–Kier alpha value is -1.84. The third-order valence-corrected chi connectivity index (χ3v) is 5.26. The van der Waals surface area contributed by atoms with Gasteiger partial charge in [0.05, 0.1) is 11.8 Å². The molecule has 0 aliphatic heterocycles. The Labute approximate surface area is 130 Å². The molecule has 0 bridgehead atoms. The second kappa shape index (κ2) is 6.51. The highest BCUT2D eigenvalue weighted by molar-refractivity contribution is 5.86. The van der Waals surface area contributed by atoms with E-state index in [1.807, 2.05) is 18.2 Å². The molecule has 2 saturated carbocycles. The van der Waals surface area contributed by atoms with E-state index in [4.69, 9.17) is 5.11 Å². The zero-order chi connectivity index (χ0) is 15.5. The first-order valence-electron chi connectivity index (χ1n) is 8.22. The van der Waals surface area contributed by atoms with Gasteiger partial charge < -0.3 is 10.4 Å². The van der Waals surface area contributed by atoms with Gasteiger partial charge in [0.1, 0.15) is 0 Å². The van der Waals surface area contributed by atoms with Crippen molar-refractivity contribution in [1.29, 1.82) is 0 Å². The van der Waals surface area contributed by atoms with Crippen molar-refractivity contribution in [2.75, 3.05) is 0 Å². The third-order valence-electron chi connectivity index (χ3n) is 5.26. The summed E-state index contributed by atoms with van der Waals surface area (Å²) in [5, 5.41) is 12.2. The van der Waals surface area contributed by atoms with Gasteiger partial charge in [0.2, 0.25) is 5.91 Å². The average molecular weight is 301 g/mol. The fourth-order valence-electron chi connectivity index (χ4n) is 3.79. The fraction of sp³-hybridized carbons (Fsp3) is 0.556. The Morgan fingerprint density at radius 1 is 1.05 bits per heavy atom. The summed E-state index contributed by atoms with van der Waals surface area (Å²) in [6.45, 7) is 0. The molecular weight excluding hydrogens is 278 g/mol. The number of hydrogen-bond donors (Lipinski definition) is 2. The number of carbonyl (C=O) groups is 2. The van der Waals surface area contributed by atoms with Crippen molar-refractivity contribution in [3.8, 4) is 0 Å². The van der Waals surface area contributed by atoms with Gasteiger partial charge in [-0.1, -0.05) is 36.8 Å². The number of carbonyl (C=O) groups excluding carboxylic acids is 1. The molecule has 4 nitrogen and oxygen atoms in total. The lowest BCUT2D eigenvalue weighted by molar-refractivity contribution is -0.153. The van der Waals surface area contributed by atoms with Crippen molar-refractivity contribution >= 4 is 11.9 Å². The first-order valence-corrected chi connectivity index (χ1v) is 8.22. The maximum Gasteiger partial charge on any atom is 0.307 e. The molecule has 2 aliphatic carbocycles. The molecule has 0 heterocycles. The van der Waals surface area contributed by atoms with Gasteiger partial charge in [-0.3, -0.25) is 9.59 Å². The highest BCUT2D eigenvalue weighted by Gasteiger charge is 2.42. The molecule has 4 heteroatoms. The van der Waals surface area contributed by atoms with Crippen LogP contribution in [0.2, 0.25) is 0 Å². The van der Waals surface area contributed by atoms with Crippen molar-refractivity contribution in [2.45, 2.75) is 44.6 Å². The average Bonchev–Trinajstić information content (AvgIpc) is 2.85. The van der Waals surface area contributed by atoms with Crippen LogP contribution < -0.4 is 5.32 Å².